The van der Waals surface area contributed by atoms with Gasteiger partial charge in [-0.1, -0.05) is 72.8 Å². The second-order valence-electron chi connectivity index (χ2n) is 10.0. The van der Waals surface area contributed by atoms with Crippen LogP contribution in [0.5, 0.6) is 0 Å². The Balaban J connectivity index is 0.000000607. The molecule has 6 heterocycles. The van der Waals surface area contributed by atoms with Crippen molar-refractivity contribution in [3.8, 4) is 11.4 Å². The normalized spacial score (nSPS) is 10.5. The summed E-state index contributed by atoms with van der Waals surface area (Å²) in [6.45, 7) is 7.18. The zero-order valence-corrected chi connectivity index (χ0v) is 29.4. The molecule has 6 aromatic rings. The molecule has 0 atom stereocenters. The molecule has 44 heavy (non-hydrogen) atoms. The Hall–Kier alpha value is -1.66. The number of aliphatic hydroxyl groups is 2. The Morgan fingerprint density at radius 1 is 0.477 bits per heavy atom. The van der Waals surface area contributed by atoms with E-state index in [1.165, 1.54) is 19.1 Å². The predicted molar refractivity (Wildman–Crippen MR) is 189 cm³/mol. The van der Waals surface area contributed by atoms with Crippen molar-refractivity contribution in [2.24, 2.45) is 0 Å². The molecule has 12 heteroatoms. The van der Waals surface area contributed by atoms with Crippen LogP contribution in [-0.2, 0) is 0 Å². The summed E-state index contributed by atoms with van der Waals surface area (Å²) in [7, 11) is 0. The average Bonchev–Trinajstić information content (AvgIpc) is 3.79. The van der Waals surface area contributed by atoms with E-state index in [0.717, 1.165) is 22.6 Å². The molecule has 0 fully saturated rings. The van der Waals surface area contributed by atoms with Crippen LogP contribution < -0.4 is 68.0 Å². The van der Waals surface area contributed by atoms with Crippen LogP contribution in [0.2, 0.25) is 0 Å². The fourth-order valence-corrected chi connectivity index (χ4v) is 7.77. The van der Waals surface area contributed by atoms with Gasteiger partial charge in [-0.15, -0.1) is 11.2 Å². The smallest absolute Gasteiger partial charge is 0.394 e. The van der Waals surface area contributed by atoms with Crippen LogP contribution in [0.3, 0.4) is 0 Å². The summed E-state index contributed by atoms with van der Waals surface area (Å²) < 4.78 is 5.24. The third-order valence-corrected chi connectivity index (χ3v) is 9.45. The van der Waals surface area contributed by atoms with Gasteiger partial charge in [0.1, 0.15) is 0 Å². The fraction of sp³-hybridized carbons (Fsp3) is 0.188. The van der Waals surface area contributed by atoms with Crippen molar-refractivity contribution in [1.29, 1.82) is 0 Å². The van der Waals surface area contributed by atoms with Crippen LogP contribution in [0, 0.1) is 0 Å². The maximum absolute atomic E-state index is 8.06. The predicted octanol–water partition coefficient (Wildman–Crippen LogP) is -1.80. The molecule has 0 saturated heterocycles. The van der Waals surface area contributed by atoms with E-state index in [0.29, 0.717) is 0 Å². The van der Waals surface area contributed by atoms with Crippen molar-refractivity contribution in [2.45, 2.75) is 39.9 Å². The zero-order chi connectivity index (χ0) is 29.9. The van der Waals surface area contributed by atoms with Crippen molar-refractivity contribution in [3.63, 3.8) is 0 Å². The van der Waals surface area contributed by atoms with Crippen molar-refractivity contribution < 1.29 is 47.9 Å². The first-order chi connectivity index (χ1) is 20.3. The van der Waals surface area contributed by atoms with Gasteiger partial charge in [0.2, 0.25) is 0 Å². The molecule has 4 nitrogen and oxygen atoms in total. The number of thiophene rings is 4. The summed E-state index contributed by atoms with van der Waals surface area (Å²) in [6.07, 6.45) is -0.333. The molecule has 2 N–H and O–H groups in total. The summed E-state index contributed by atoms with van der Waals surface area (Å²) in [5.74, 6) is 0. The minimum Gasteiger partial charge on any atom is -0.394 e. The zero-order valence-electron chi connectivity index (χ0n) is 26.1. The van der Waals surface area contributed by atoms with Crippen LogP contribution in [0.25, 0.3) is 11.4 Å². The monoisotopic (exact) mass is 642 g/mol. The largest absolute Gasteiger partial charge is 1.00 e. The molecular weight excluding hydrogens is 608 g/mol. The van der Waals surface area contributed by atoms with Crippen molar-refractivity contribution in [3.05, 3.63) is 106 Å². The maximum Gasteiger partial charge on any atom is 1.00 e. The van der Waals surface area contributed by atoms with Gasteiger partial charge in [0.05, 0.1) is 11.4 Å². The number of nitrogens with zero attached hydrogens (tertiary/aromatic N) is 2. The van der Waals surface area contributed by atoms with Gasteiger partial charge in [0.15, 0.2) is 0 Å². The van der Waals surface area contributed by atoms with E-state index in [1.807, 2.05) is 0 Å². The number of hydrogen-bond acceptors (Lipinski definition) is 8. The molecule has 2 radical (unpaired) electrons. The van der Waals surface area contributed by atoms with Gasteiger partial charge >= 0.3 is 37.7 Å². The number of aliphatic hydroxyl groups excluding tert-OH is 2. The summed E-state index contributed by atoms with van der Waals surface area (Å²) in [5.41, 5.74) is 3.94. The molecule has 216 valence electrons. The third kappa shape index (κ3) is 11.3. The van der Waals surface area contributed by atoms with Gasteiger partial charge in [-0.25, -0.2) is 0 Å². The van der Waals surface area contributed by atoms with Crippen molar-refractivity contribution in [1.82, 2.24) is 9.97 Å². The third-order valence-electron chi connectivity index (χ3n) is 5.71. The van der Waals surface area contributed by atoms with E-state index >= 15 is 0 Å². The van der Waals surface area contributed by atoms with Crippen molar-refractivity contribution >= 4 is 89.1 Å². The Labute approximate surface area is 302 Å². The van der Waals surface area contributed by atoms with Crippen LogP contribution in [0.15, 0.2) is 106 Å². The molecule has 0 spiro atoms. The number of rotatable bonds is 7. The molecule has 0 aromatic carbocycles. The first kappa shape index (κ1) is 38.5. The first-order valence-corrected chi connectivity index (χ1v) is 17.3. The molecule has 0 unspecified atom stereocenters. The minimum atomic E-state index is -0.167. The maximum atomic E-state index is 8.06. The second kappa shape index (κ2) is 19.8. The molecule has 0 aliphatic rings. The molecule has 0 aliphatic carbocycles. The summed E-state index contributed by atoms with van der Waals surface area (Å²) in [6, 6.07) is 29.9. The molecule has 0 saturated carbocycles. The molecular formula is C32H34B2Li2N2O2S4. The first-order valence-electron chi connectivity index (χ1n) is 13.8. The minimum absolute atomic E-state index is 0. The van der Waals surface area contributed by atoms with Crippen LogP contribution in [-0.4, -0.2) is 45.8 Å². The van der Waals surface area contributed by atoms with Crippen LogP contribution in [0.4, 0.5) is 0 Å². The summed E-state index contributed by atoms with van der Waals surface area (Å²) in [5, 5.41) is 24.7. The van der Waals surface area contributed by atoms with Gasteiger partial charge in [-0.05, 0) is 61.3 Å². The van der Waals surface area contributed by atoms with Gasteiger partial charge in [-0.3, -0.25) is 9.97 Å². The van der Waals surface area contributed by atoms with E-state index < -0.39 is 0 Å². The van der Waals surface area contributed by atoms with E-state index in [2.05, 4.69) is 106 Å². The molecule has 0 bridgehead atoms. The molecule has 6 aromatic heterocycles. The average molecular weight is 642 g/mol. The molecule has 0 amide bonds. The molecule has 6 rings (SSSR count). The topological polar surface area (TPSA) is 66.2 Å². The number of hydrogen-bond donors (Lipinski definition) is 2. The van der Waals surface area contributed by atoms with Gasteiger partial charge < -0.3 is 10.2 Å². The van der Waals surface area contributed by atoms with Gasteiger partial charge in [0.25, 0.3) is 0 Å². The molecule has 0 aliphatic heterocycles. The Kier molecular flexibility index (Phi) is 17.3. The summed E-state index contributed by atoms with van der Waals surface area (Å²) >= 11 is 7.13. The fourth-order valence-electron chi connectivity index (χ4n) is 4.20. The second-order valence-corrected chi connectivity index (χ2v) is 13.9. The Morgan fingerprint density at radius 2 is 0.750 bits per heavy atom. The SMILES string of the molecule is CC(C)O.CC(C)O.[Li+].[Li+].c1cc([B-](c2cccs2)c2cccs2)nc(-c2cccc([B-](c3cccs3)c3cccs3)n2)c1. The van der Waals surface area contributed by atoms with Gasteiger partial charge in [0, 0.05) is 25.6 Å². The standard InChI is InChI=1S/C26H18B2N2S4.2C3H8O.2Li/c1-7-19(29-21(9-1)27(23-11-3-15-31-23)24-12-4-16-32-24)20-8-2-10-22(30-20)28(25-13-5-17-33-25)26-14-6-18-34-26;2*1-3(2)4;;/h1-18H;2*3-4H,1-2H3;;/q-2;;;2*+1. The number of aromatic nitrogens is 2. The Bertz CT molecular complexity index is 1390. The van der Waals surface area contributed by atoms with E-state index in [4.69, 9.17) is 20.2 Å². The van der Waals surface area contributed by atoms with Gasteiger partial charge in [-0.2, -0.15) is 64.5 Å². The van der Waals surface area contributed by atoms with E-state index in [1.54, 1.807) is 73.0 Å². The van der Waals surface area contributed by atoms with E-state index in [-0.39, 0.29) is 63.4 Å². The van der Waals surface area contributed by atoms with Crippen LogP contribution >= 0.6 is 45.3 Å². The number of pyridine rings is 2. The van der Waals surface area contributed by atoms with Crippen molar-refractivity contribution in [2.75, 3.05) is 0 Å². The Morgan fingerprint density at radius 3 is 0.977 bits per heavy atom. The van der Waals surface area contributed by atoms with E-state index in [9.17, 15) is 0 Å². The summed E-state index contributed by atoms with van der Waals surface area (Å²) in [4.78, 5) is 10.3. The van der Waals surface area contributed by atoms with Crippen LogP contribution in [0.1, 0.15) is 27.7 Å². The quantitative estimate of drug-likeness (QED) is 0.202.